The van der Waals surface area contributed by atoms with Gasteiger partial charge in [0.2, 0.25) is 0 Å². The number of nitro groups is 1. The lowest BCUT2D eigenvalue weighted by molar-refractivity contribution is -0.503. The Morgan fingerprint density at radius 3 is 2.47 bits per heavy atom. The Hall–Kier alpha value is -1.30. The standard InChI is InChI=1S/C9H9NO4.BrH/c1-13-6-4-3-5-7(9(6)14-2)8(5)10(11)12;/h3-4,8H,1-2H3;1H. The van der Waals surface area contributed by atoms with Crippen LogP contribution in [0.1, 0.15) is 17.2 Å². The van der Waals surface area contributed by atoms with Crippen LogP contribution in [-0.2, 0) is 0 Å². The van der Waals surface area contributed by atoms with E-state index in [4.69, 9.17) is 9.47 Å². The van der Waals surface area contributed by atoms with Crippen molar-refractivity contribution >= 4 is 17.0 Å². The van der Waals surface area contributed by atoms with Crippen LogP contribution < -0.4 is 9.47 Å². The number of methoxy groups -OCH3 is 2. The third kappa shape index (κ3) is 1.65. The van der Waals surface area contributed by atoms with E-state index >= 15 is 0 Å². The van der Waals surface area contributed by atoms with Crippen molar-refractivity contribution in [3.8, 4) is 11.5 Å². The molecule has 0 saturated heterocycles. The van der Waals surface area contributed by atoms with Crippen LogP contribution in [0, 0.1) is 10.1 Å². The van der Waals surface area contributed by atoms with E-state index in [0.29, 0.717) is 22.6 Å². The molecule has 6 heteroatoms. The van der Waals surface area contributed by atoms with Gasteiger partial charge in [-0.3, -0.25) is 10.1 Å². The minimum atomic E-state index is -0.700. The highest BCUT2D eigenvalue weighted by Gasteiger charge is 2.48. The first-order chi connectivity index (χ1) is 6.70. The van der Waals surface area contributed by atoms with Gasteiger partial charge < -0.3 is 9.47 Å². The van der Waals surface area contributed by atoms with Crippen molar-refractivity contribution in [2.75, 3.05) is 14.2 Å². The molecule has 0 bridgehead atoms. The fraction of sp³-hybridized carbons (Fsp3) is 0.333. The Morgan fingerprint density at radius 1 is 1.33 bits per heavy atom. The maximum absolute atomic E-state index is 10.6. The number of rotatable bonds is 3. The molecule has 1 aromatic rings. The van der Waals surface area contributed by atoms with Gasteiger partial charge in [0.25, 0.3) is 6.04 Å². The topological polar surface area (TPSA) is 61.6 Å². The van der Waals surface area contributed by atoms with Gasteiger partial charge in [0.1, 0.15) is 0 Å². The summed E-state index contributed by atoms with van der Waals surface area (Å²) >= 11 is 0. The molecule has 5 nitrogen and oxygen atoms in total. The second-order valence-electron chi connectivity index (χ2n) is 2.99. The average Bonchev–Trinajstić information content (AvgIpc) is 2.89. The molecule has 0 aliphatic heterocycles. The van der Waals surface area contributed by atoms with Crippen molar-refractivity contribution in [3.63, 3.8) is 0 Å². The molecule has 0 amide bonds. The number of fused-ring (bicyclic) bond motifs is 1. The summed E-state index contributed by atoms with van der Waals surface area (Å²) in [5, 5.41) is 10.6. The molecule has 0 saturated carbocycles. The Bertz CT molecular complexity index is 407. The SMILES string of the molecule is Br.COc1ccc2c(c1OC)C2[N+](=O)[O-]. The van der Waals surface area contributed by atoms with E-state index in [1.165, 1.54) is 14.2 Å². The van der Waals surface area contributed by atoms with Gasteiger partial charge in [-0.25, -0.2) is 0 Å². The molecule has 1 aromatic carbocycles. The van der Waals surface area contributed by atoms with Gasteiger partial charge in [-0.1, -0.05) is 0 Å². The van der Waals surface area contributed by atoms with E-state index in [9.17, 15) is 10.1 Å². The van der Waals surface area contributed by atoms with Gasteiger partial charge in [-0.05, 0) is 12.1 Å². The molecule has 82 valence electrons. The normalized spacial score (nSPS) is 16.0. The van der Waals surface area contributed by atoms with E-state index in [0.717, 1.165) is 0 Å². The van der Waals surface area contributed by atoms with Crippen molar-refractivity contribution in [1.29, 1.82) is 0 Å². The van der Waals surface area contributed by atoms with Gasteiger partial charge >= 0.3 is 0 Å². The lowest BCUT2D eigenvalue weighted by atomic mass is 10.3. The van der Waals surface area contributed by atoms with E-state index in [-0.39, 0.29) is 21.9 Å². The largest absolute Gasteiger partial charge is 0.493 e. The predicted octanol–water partition coefficient (Wildman–Crippen LogP) is 1.96. The molecule has 15 heavy (non-hydrogen) atoms. The number of halogens is 1. The van der Waals surface area contributed by atoms with E-state index < -0.39 is 6.04 Å². The zero-order valence-electron chi connectivity index (χ0n) is 8.22. The first-order valence-corrected chi connectivity index (χ1v) is 4.09. The molecule has 0 radical (unpaired) electrons. The first-order valence-electron chi connectivity index (χ1n) is 4.09. The number of hydrogen-bond donors (Lipinski definition) is 0. The van der Waals surface area contributed by atoms with Crippen LogP contribution in [0.25, 0.3) is 0 Å². The van der Waals surface area contributed by atoms with Gasteiger partial charge in [0, 0.05) is 10.5 Å². The highest BCUT2D eigenvalue weighted by Crippen LogP contribution is 2.53. The van der Waals surface area contributed by atoms with Crippen LogP contribution >= 0.6 is 17.0 Å². The fourth-order valence-corrected chi connectivity index (χ4v) is 1.63. The van der Waals surface area contributed by atoms with Crippen molar-refractivity contribution in [2.45, 2.75) is 6.04 Å². The fourth-order valence-electron chi connectivity index (χ4n) is 1.63. The molecule has 1 aliphatic carbocycles. The molecule has 1 aliphatic rings. The average molecular weight is 276 g/mol. The minimum absolute atomic E-state index is 0. The summed E-state index contributed by atoms with van der Waals surface area (Å²) in [6.07, 6.45) is 0. The van der Waals surface area contributed by atoms with Crippen LogP contribution in [0.3, 0.4) is 0 Å². The second-order valence-corrected chi connectivity index (χ2v) is 2.99. The van der Waals surface area contributed by atoms with Crippen LogP contribution in [-0.4, -0.2) is 19.1 Å². The minimum Gasteiger partial charge on any atom is -0.493 e. The van der Waals surface area contributed by atoms with Gasteiger partial charge in [0.05, 0.1) is 19.8 Å². The summed E-state index contributed by atoms with van der Waals surface area (Å²) < 4.78 is 10.1. The van der Waals surface area contributed by atoms with Gasteiger partial charge in [-0.15, -0.1) is 17.0 Å². The van der Waals surface area contributed by atoms with Crippen molar-refractivity contribution in [1.82, 2.24) is 0 Å². The Kier molecular flexibility index (Phi) is 3.18. The van der Waals surface area contributed by atoms with E-state index in [1.807, 2.05) is 0 Å². The zero-order chi connectivity index (χ0) is 10.3. The summed E-state index contributed by atoms with van der Waals surface area (Å²) in [5.74, 6) is 1.02. The van der Waals surface area contributed by atoms with Crippen LogP contribution in [0.15, 0.2) is 12.1 Å². The zero-order valence-corrected chi connectivity index (χ0v) is 9.93. The maximum Gasteiger partial charge on any atom is 0.268 e. The predicted molar refractivity (Wildman–Crippen MR) is 58.7 cm³/mol. The second kappa shape index (κ2) is 4.06. The highest BCUT2D eigenvalue weighted by atomic mass is 79.9. The molecule has 0 heterocycles. The van der Waals surface area contributed by atoms with Gasteiger partial charge in [-0.2, -0.15) is 0 Å². The summed E-state index contributed by atoms with van der Waals surface area (Å²) in [6.45, 7) is 0. The molecule has 0 N–H and O–H groups in total. The summed E-state index contributed by atoms with van der Waals surface area (Å²) in [6, 6.07) is 2.68. The van der Waals surface area contributed by atoms with E-state index in [1.54, 1.807) is 12.1 Å². The third-order valence-corrected chi connectivity index (χ3v) is 2.31. The molecule has 0 spiro atoms. The highest BCUT2D eigenvalue weighted by molar-refractivity contribution is 8.93. The van der Waals surface area contributed by atoms with Crippen molar-refractivity contribution in [3.05, 3.63) is 33.4 Å². The van der Waals surface area contributed by atoms with Crippen molar-refractivity contribution < 1.29 is 14.4 Å². The summed E-state index contributed by atoms with van der Waals surface area (Å²) in [5.41, 5.74) is 1.35. The number of hydrogen-bond acceptors (Lipinski definition) is 4. The quantitative estimate of drug-likeness (QED) is 0.625. The van der Waals surface area contributed by atoms with Gasteiger partial charge in [0.15, 0.2) is 11.5 Å². The molecule has 1 unspecified atom stereocenters. The number of ether oxygens (including phenoxy) is 2. The summed E-state index contributed by atoms with van der Waals surface area (Å²) in [7, 11) is 2.99. The maximum atomic E-state index is 10.6. The molecule has 1 atom stereocenters. The van der Waals surface area contributed by atoms with E-state index in [2.05, 4.69) is 0 Å². The molecule has 2 rings (SSSR count). The first kappa shape index (κ1) is 11.8. The third-order valence-electron chi connectivity index (χ3n) is 2.31. The monoisotopic (exact) mass is 275 g/mol. The lowest BCUT2D eigenvalue weighted by Crippen LogP contribution is -1.94. The smallest absolute Gasteiger partial charge is 0.268 e. The van der Waals surface area contributed by atoms with Crippen molar-refractivity contribution in [2.24, 2.45) is 0 Å². The van der Waals surface area contributed by atoms with Crippen LogP contribution in [0.4, 0.5) is 0 Å². The summed E-state index contributed by atoms with van der Waals surface area (Å²) in [4.78, 5) is 10.3. The van der Waals surface area contributed by atoms with Crippen LogP contribution in [0.5, 0.6) is 11.5 Å². The van der Waals surface area contributed by atoms with Crippen LogP contribution in [0.2, 0.25) is 0 Å². The Morgan fingerprint density at radius 2 is 2.00 bits per heavy atom. The molecule has 0 aromatic heterocycles. The number of benzene rings is 1. The lowest BCUT2D eigenvalue weighted by Gasteiger charge is -2.04. The number of nitrogens with zero attached hydrogens (tertiary/aromatic N) is 1. The Labute approximate surface area is 96.9 Å². The Balaban J connectivity index is 0.00000112. The molecule has 0 fully saturated rings. The molecular weight excluding hydrogens is 266 g/mol. The molecular formula is C9H10BrNO4.